The highest BCUT2D eigenvalue weighted by Gasteiger charge is 2.30. The first-order valence-corrected chi connectivity index (χ1v) is 14.5. The van der Waals surface area contributed by atoms with E-state index in [1.165, 1.54) is 48.5 Å². The van der Waals surface area contributed by atoms with Gasteiger partial charge in [-0.15, -0.1) is 16.2 Å². The molecule has 0 spiro atoms. The van der Waals surface area contributed by atoms with Crippen molar-refractivity contribution in [3.05, 3.63) is 82.4 Å². The quantitative estimate of drug-likeness (QED) is 0.204. The summed E-state index contributed by atoms with van der Waals surface area (Å²) in [6.07, 6.45) is -4.51. The number of guanidine groups is 1. The van der Waals surface area contributed by atoms with Crippen LogP contribution in [0.1, 0.15) is 16.7 Å². The summed E-state index contributed by atoms with van der Waals surface area (Å²) in [6, 6.07) is 12.4. The minimum atomic E-state index is -4.51. The van der Waals surface area contributed by atoms with Gasteiger partial charge in [-0.05, 0) is 60.5 Å². The molecule has 0 fully saturated rings. The zero-order valence-corrected chi connectivity index (χ0v) is 22.2. The molecule has 5 N–H and O–H groups in total. The van der Waals surface area contributed by atoms with Crippen molar-refractivity contribution in [1.82, 2.24) is 0 Å². The molecular formula is C22H20ClF3N4O4S3. The number of rotatable bonds is 7. The number of alkyl halides is 3. The molecule has 0 atom stereocenters. The first-order valence-electron chi connectivity index (χ1n) is 10.2. The molecule has 0 bridgehead atoms. The zero-order valence-electron chi connectivity index (χ0n) is 19.0. The van der Waals surface area contributed by atoms with E-state index in [0.29, 0.717) is 11.1 Å². The molecule has 0 aliphatic heterocycles. The summed E-state index contributed by atoms with van der Waals surface area (Å²) in [4.78, 5) is -0.219. The SMILES string of the molecule is Cc1cc(S(=O)(=O)N=C(N)Nc2ccc(S(N)(=O)=O)cc2)c(SCc2cccc(C(F)(F)F)c2)cc1Cl. The van der Waals surface area contributed by atoms with Crippen molar-refractivity contribution < 1.29 is 30.0 Å². The highest BCUT2D eigenvalue weighted by Crippen LogP contribution is 2.36. The standard InChI is InChI=1S/C22H20ClF3N4O4S3/c1-13-9-20(19(11-18(13)23)35-12-14-3-2-4-15(10-14)22(24,25)26)37(33,34)30-21(27)29-16-5-7-17(8-6-16)36(28,31)32/h2-11H,12H2,1H3,(H3,27,29,30)(H2,28,31,32). The van der Waals surface area contributed by atoms with Crippen molar-refractivity contribution in [1.29, 1.82) is 0 Å². The summed E-state index contributed by atoms with van der Waals surface area (Å²) in [5.74, 6) is -0.482. The van der Waals surface area contributed by atoms with E-state index in [2.05, 4.69) is 9.71 Å². The number of nitrogens with one attached hydrogen (secondary N) is 1. The van der Waals surface area contributed by atoms with Crippen molar-refractivity contribution in [3.63, 3.8) is 0 Å². The van der Waals surface area contributed by atoms with Crippen LogP contribution in [0.5, 0.6) is 0 Å². The molecule has 0 radical (unpaired) electrons. The maximum atomic E-state index is 13.1. The molecule has 0 aromatic heterocycles. The minimum Gasteiger partial charge on any atom is -0.369 e. The van der Waals surface area contributed by atoms with Gasteiger partial charge in [0.25, 0.3) is 10.0 Å². The van der Waals surface area contributed by atoms with Gasteiger partial charge in [0.15, 0.2) is 0 Å². The predicted octanol–water partition coefficient (Wildman–Crippen LogP) is 4.72. The second-order valence-electron chi connectivity index (χ2n) is 7.68. The monoisotopic (exact) mass is 592 g/mol. The van der Waals surface area contributed by atoms with Gasteiger partial charge < -0.3 is 11.1 Å². The molecule has 3 rings (SSSR count). The Morgan fingerprint density at radius 3 is 2.30 bits per heavy atom. The molecule has 0 saturated carbocycles. The van der Waals surface area contributed by atoms with Gasteiger partial charge in [0.2, 0.25) is 16.0 Å². The van der Waals surface area contributed by atoms with Gasteiger partial charge in [-0.2, -0.15) is 21.6 Å². The highest BCUT2D eigenvalue weighted by atomic mass is 35.5. The van der Waals surface area contributed by atoms with Crippen LogP contribution in [0.2, 0.25) is 5.02 Å². The molecule has 8 nitrogen and oxygen atoms in total. The van der Waals surface area contributed by atoms with E-state index in [0.717, 1.165) is 23.9 Å². The molecule has 198 valence electrons. The Morgan fingerprint density at radius 1 is 1.05 bits per heavy atom. The highest BCUT2D eigenvalue weighted by molar-refractivity contribution is 7.99. The molecule has 0 unspecified atom stereocenters. The number of nitrogens with two attached hydrogens (primary N) is 2. The van der Waals surface area contributed by atoms with Crippen molar-refractivity contribution in [2.24, 2.45) is 15.3 Å². The van der Waals surface area contributed by atoms with Crippen LogP contribution in [0.3, 0.4) is 0 Å². The van der Waals surface area contributed by atoms with Crippen molar-refractivity contribution in [3.8, 4) is 0 Å². The Kier molecular flexibility index (Phi) is 8.49. The molecule has 37 heavy (non-hydrogen) atoms. The van der Waals surface area contributed by atoms with Gasteiger partial charge in [-0.1, -0.05) is 29.8 Å². The number of halogens is 4. The molecule has 15 heteroatoms. The van der Waals surface area contributed by atoms with E-state index in [1.807, 2.05) is 0 Å². The van der Waals surface area contributed by atoms with E-state index in [4.69, 9.17) is 22.5 Å². The topological polar surface area (TPSA) is 145 Å². The summed E-state index contributed by atoms with van der Waals surface area (Å²) in [5, 5.41) is 7.85. The summed E-state index contributed by atoms with van der Waals surface area (Å²) < 4.78 is 91.6. The summed E-state index contributed by atoms with van der Waals surface area (Å²) in [5.41, 5.74) is 5.96. The van der Waals surface area contributed by atoms with Gasteiger partial charge in [-0.3, -0.25) is 0 Å². The average molecular weight is 593 g/mol. The van der Waals surface area contributed by atoms with Crippen LogP contribution in [-0.2, 0) is 32.0 Å². The Bertz CT molecular complexity index is 1560. The van der Waals surface area contributed by atoms with Crippen LogP contribution < -0.4 is 16.2 Å². The third-order valence-corrected chi connectivity index (χ3v) is 8.75. The number of anilines is 1. The summed E-state index contributed by atoms with van der Waals surface area (Å²) in [7, 11) is -8.31. The van der Waals surface area contributed by atoms with E-state index < -0.39 is 37.7 Å². The van der Waals surface area contributed by atoms with Crippen LogP contribution in [0.4, 0.5) is 18.9 Å². The summed E-state index contributed by atoms with van der Waals surface area (Å²) >= 11 is 7.15. The van der Waals surface area contributed by atoms with Gasteiger partial charge in [0.05, 0.1) is 10.5 Å². The van der Waals surface area contributed by atoms with Gasteiger partial charge in [0, 0.05) is 21.4 Å². The predicted molar refractivity (Wildman–Crippen MR) is 137 cm³/mol. The Morgan fingerprint density at radius 2 is 1.70 bits per heavy atom. The smallest absolute Gasteiger partial charge is 0.369 e. The molecule has 3 aromatic carbocycles. The lowest BCUT2D eigenvalue weighted by Crippen LogP contribution is -2.24. The Labute approximate surface area is 221 Å². The van der Waals surface area contributed by atoms with Crippen molar-refractivity contribution in [2.45, 2.75) is 33.5 Å². The molecule has 0 saturated heterocycles. The van der Waals surface area contributed by atoms with E-state index in [-0.39, 0.29) is 31.1 Å². The lowest BCUT2D eigenvalue weighted by molar-refractivity contribution is -0.137. The molecule has 0 aliphatic carbocycles. The normalized spacial score (nSPS) is 13.0. The van der Waals surface area contributed by atoms with Crippen LogP contribution in [-0.4, -0.2) is 22.8 Å². The lowest BCUT2D eigenvalue weighted by Gasteiger charge is -2.12. The average Bonchev–Trinajstić information content (AvgIpc) is 2.78. The second kappa shape index (κ2) is 10.9. The number of hydrogen-bond acceptors (Lipinski definition) is 5. The second-order valence-corrected chi connectivity index (χ2v) is 12.2. The van der Waals surface area contributed by atoms with Gasteiger partial charge >= 0.3 is 6.18 Å². The number of sulfonamides is 2. The maximum Gasteiger partial charge on any atom is 0.416 e. The van der Waals surface area contributed by atoms with Crippen LogP contribution >= 0.6 is 23.4 Å². The lowest BCUT2D eigenvalue weighted by atomic mass is 10.1. The minimum absolute atomic E-state index is 0.0275. The molecule has 0 heterocycles. The number of hydrogen-bond donors (Lipinski definition) is 3. The largest absolute Gasteiger partial charge is 0.416 e. The summed E-state index contributed by atoms with van der Waals surface area (Å²) in [6.45, 7) is 1.58. The van der Waals surface area contributed by atoms with Crippen LogP contribution in [0, 0.1) is 6.92 Å². The van der Waals surface area contributed by atoms with E-state index in [1.54, 1.807) is 6.92 Å². The maximum absolute atomic E-state index is 13.1. The van der Waals surface area contributed by atoms with Crippen molar-refractivity contribution in [2.75, 3.05) is 5.32 Å². The van der Waals surface area contributed by atoms with Crippen LogP contribution in [0.25, 0.3) is 0 Å². The number of nitrogens with zero attached hydrogens (tertiary/aromatic N) is 1. The number of primary sulfonamides is 1. The fourth-order valence-corrected chi connectivity index (χ4v) is 6.21. The van der Waals surface area contributed by atoms with Crippen LogP contribution in [0.15, 0.2) is 79.7 Å². The van der Waals surface area contributed by atoms with Crippen molar-refractivity contribution >= 4 is 55.1 Å². The third kappa shape index (κ3) is 7.61. The van der Waals surface area contributed by atoms with E-state index in [9.17, 15) is 30.0 Å². The number of benzene rings is 3. The van der Waals surface area contributed by atoms with Gasteiger partial charge in [-0.25, -0.2) is 13.6 Å². The fraction of sp³-hybridized carbons (Fsp3) is 0.136. The molecule has 0 amide bonds. The number of thioether (sulfide) groups is 1. The Hall–Kier alpha value is -2.78. The van der Waals surface area contributed by atoms with Gasteiger partial charge in [0.1, 0.15) is 4.90 Å². The molecular weight excluding hydrogens is 573 g/mol. The molecule has 0 aliphatic rings. The van der Waals surface area contributed by atoms with E-state index >= 15 is 0 Å². The first kappa shape index (κ1) is 28.8. The zero-order chi connectivity index (χ0) is 27.6. The Balaban J connectivity index is 1.88. The first-order chi connectivity index (χ1) is 17.1. The fourth-order valence-electron chi connectivity index (χ4n) is 3.03. The third-order valence-electron chi connectivity index (χ3n) is 4.83. The number of aryl methyl sites for hydroxylation is 1. The molecule has 3 aromatic rings.